The zero-order valence-corrected chi connectivity index (χ0v) is 12.9. The maximum absolute atomic E-state index is 13.5. The van der Waals surface area contributed by atoms with E-state index < -0.39 is 0 Å². The summed E-state index contributed by atoms with van der Waals surface area (Å²) < 4.78 is 19.9. The molecule has 1 aromatic rings. The Morgan fingerprint density at radius 1 is 1.42 bits per heavy atom. The highest BCUT2D eigenvalue weighted by molar-refractivity contribution is 9.10. The van der Waals surface area contributed by atoms with Crippen molar-refractivity contribution in [3.8, 4) is 0 Å². The third-order valence-corrected chi connectivity index (χ3v) is 4.37. The van der Waals surface area contributed by atoms with E-state index in [4.69, 9.17) is 4.74 Å². The quantitative estimate of drug-likeness (QED) is 0.879. The van der Waals surface area contributed by atoms with Crippen LogP contribution in [0.4, 0.5) is 4.39 Å². The van der Waals surface area contributed by atoms with Crippen molar-refractivity contribution < 1.29 is 9.13 Å². The SMILES string of the molecule is CCCNC(c1cc(F)ccc1Br)C1CCOCC1. The molecule has 0 aromatic heterocycles. The maximum atomic E-state index is 13.5. The Bertz CT molecular complexity index is 407. The van der Waals surface area contributed by atoms with E-state index in [1.54, 1.807) is 12.1 Å². The molecule has 1 atom stereocenters. The number of halogens is 2. The van der Waals surface area contributed by atoms with E-state index in [9.17, 15) is 4.39 Å². The van der Waals surface area contributed by atoms with E-state index in [0.717, 1.165) is 49.1 Å². The molecule has 1 fully saturated rings. The molecule has 1 N–H and O–H groups in total. The van der Waals surface area contributed by atoms with Gasteiger partial charge in [-0.2, -0.15) is 0 Å². The number of hydrogen-bond donors (Lipinski definition) is 1. The number of nitrogens with one attached hydrogen (secondary N) is 1. The molecular weight excluding hydrogens is 309 g/mol. The van der Waals surface area contributed by atoms with Crippen LogP contribution in [0.3, 0.4) is 0 Å². The summed E-state index contributed by atoms with van der Waals surface area (Å²) in [5, 5.41) is 3.57. The standard InChI is InChI=1S/C15H21BrFNO/c1-2-7-18-15(11-5-8-19-9-6-11)13-10-12(17)3-4-14(13)16/h3-4,10-11,15,18H,2,5-9H2,1H3. The molecule has 0 saturated carbocycles. The number of ether oxygens (including phenoxy) is 1. The molecule has 0 spiro atoms. The molecule has 0 radical (unpaired) electrons. The van der Waals surface area contributed by atoms with Gasteiger partial charge in [-0.15, -0.1) is 0 Å². The smallest absolute Gasteiger partial charge is 0.123 e. The molecule has 4 heteroatoms. The molecule has 1 heterocycles. The summed E-state index contributed by atoms with van der Waals surface area (Å²) in [6.07, 6.45) is 3.14. The average Bonchev–Trinajstić information content (AvgIpc) is 2.44. The van der Waals surface area contributed by atoms with E-state index in [-0.39, 0.29) is 11.9 Å². The molecule has 2 nitrogen and oxygen atoms in total. The minimum Gasteiger partial charge on any atom is -0.381 e. The van der Waals surface area contributed by atoms with Gasteiger partial charge in [0.05, 0.1) is 0 Å². The fraction of sp³-hybridized carbons (Fsp3) is 0.600. The molecule has 1 saturated heterocycles. The van der Waals surface area contributed by atoms with Crippen LogP contribution in [0.25, 0.3) is 0 Å². The third kappa shape index (κ3) is 4.01. The van der Waals surface area contributed by atoms with Crippen molar-refractivity contribution in [1.82, 2.24) is 5.32 Å². The summed E-state index contributed by atoms with van der Waals surface area (Å²) in [4.78, 5) is 0. The van der Waals surface area contributed by atoms with Gasteiger partial charge >= 0.3 is 0 Å². The molecule has 1 aromatic carbocycles. The van der Waals surface area contributed by atoms with Crippen molar-refractivity contribution in [2.75, 3.05) is 19.8 Å². The van der Waals surface area contributed by atoms with Crippen molar-refractivity contribution in [2.24, 2.45) is 5.92 Å². The summed E-state index contributed by atoms with van der Waals surface area (Å²) in [5.41, 5.74) is 1.03. The van der Waals surface area contributed by atoms with Gasteiger partial charge in [0.15, 0.2) is 0 Å². The molecule has 1 aliphatic rings. The third-order valence-electron chi connectivity index (χ3n) is 3.64. The molecule has 0 bridgehead atoms. The molecule has 0 amide bonds. The van der Waals surface area contributed by atoms with Gasteiger partial charge in [0.25, 0.3) is 0 Å². The summed E-state index contributed by atoms with van der Waals surface area (Å²) in [7, 11) is 0. The van der Waals surface area contributed by atoms with Gasteiger partial charge < -0.3 is 10.1 Å². The van der Waals surface area contributed by atoms with E-state index in [1.165, 1.54) is 6.07 Å². The minimum absolute atomic E-state index is 0.173. The molecule has 19 heavy (non-hydrogen) atoms. The fourth-order valence-corrected chi connectivity index (χ4v) is 3.13. The van der Waals surface area contributed by atoms with Crippen LogP contribution in [0.1, 0.15) is 37.8 Å². The molecule has 2 rings (SSSR count). The monoisotopic (exact) mass is 329 g/mol. The first-order valence-electron chi connectivity index (χ1n) is 6.98. The highest BCUT2D eigenvalue weighted by Crippen LogP contribution is 2.34. The lowest BCUT2D eigenvalue weighted by Gasteiger charge is -2.32. The van der Waals surface area contributed by atoms with Gasteiger partial charge in [-0.3, -0.25) is 0 Å². The van der Waals surface area contributed by atoms with Gasteiger partial charge in [-0.05, 0) is 55.5 Å². The van der Waals surface area contributed by atoms with E-state index in [2.05, 4.69) is 28.2 Å². The van der Waals surface area contributed by atoms with E-state index in [0.29, 0.717) is 5.92 Å². The Morgan fingerprint density at radius 2 is 2.16 bits per heavy atom. The fourth-order valence-electron chi connectivity index (χ4n) is 2.63. The Balaban J connectivity index is 2.22. The second-order valence-electron chi connectivity index (χ2n) is 5.05. The lowest BCUT2D eigenvalue weighted by molar-refractivity contribution is 0.0535. The molecule has 0 aliphatic carbocycles. The van der Waals surface area contributed by atoms with Crippen molar-refractivity contribution in [1.29, 1.82) is 0 Å². The van der Waals surface area contributed by atoms with Crippen LogP contribution in [0.2, 0.25) is 0 Å². The topological polar surface area (TPSA) is 21.3 Å². The van der Waals surface area contributed by atoms with Crippen molar-refractivity contribution in [2.45, 2.75) is 32.2 Å². The van der Waals surface area contributed by atoms with Crippen LogP contribution in [0.15, 0.2) is 22.7 Å². The number of benzene rings is 1. The van der Waals surface area contributed by atoms with Crippen LogP contribution in [0, 0.1) is 11.7 Å². The van der Waals surface area contributed by atoms with Crippen LogP contribution in [-0.2, 0) is 4.74 Å². The van der Waals surface area contributed by atoms with Crippen LogP contribution in [0.5, 0.6) is 0 Å². The van der Waals surface area contributed by atoms with Gasteiger partial charge in [0.1, 0.15) is 5.82 Å². The lowest BCUT2D eigenvalue weighted by Crippen LogP contribution is -2.33. The molecule has 106 valence electrons. The average molecular weight is 330 g/mol. The zero-order chi connectivity index (χ0) is 13.7. The molecular formula is C15H21BrFNO. The van der Waals surface area contributed by atoms with E-state index in [1.807, 2.05) is 0 Å². The predicted molar refractivity (Wildman–Crippen MR) is 78.7 cm³/mol. The van der Waals surface area contributed by atoms with Gasteiger partial charge in [-0.1, -0.05) is 22.9 Å². The molecule has 1 aliphatic heterocycles. The van der Waals surface area contributed by atoms with Crippen molar-refractivity contribution >= 4 is 15.9 Å². The minimum atomic E-state index is -0.173. The largest absolute Gasteiger partial charge is 0.381 e. The Hall–Kier alpha value is -0.450. The van der Waals surface area contributed by atoms with E-state index >= 15 is 0 Å². The zero-order valence-electron chi connectivity index (χ0n) is 11.3. The lowest BCUT2D eigenvalue weighted by atomic mass is 9.87. The number of rotatable bonds is 5. The summed E-state index contributed by atoms with van der Waals surface area (Å²) >= 11 is 3.55. The van der Waals surface area contributed by atoms with Crippen LogP contribution in [-0.4, -0.2) is 19.8 Å². The Kier molecular flexibility index (Phi) is 5.79. The Labute approximate surface area is 122 Å². The van der Waals surface area contributed by atoms with Crippen molar-refractivity contribution in [3.05, 3.63) is 34.1 Å². The van der Waals surface area contributed by atoms with Gasteiger partial charge in [0.2, 0.25) is 0 Å². The molecule has 1 unspecified atom stereocenters. The first kappa shape index (κ1) is 14.9. The highest BCUT2D eigenvalue weighted by atomic mass is 79.9. The van der Waals surface area contributed by atoms with Gasteiger partial charge in [0, 0.05) is 23.7 Å². The van der Waals surface area contributed by atoms with Crippen molar-refractivity contribution in [3.63, 3.8) is 0 Å². The highest BCUT2D eigenvalue weighted by Gasteiger charge is 2.26. The first-order chi connectivity index (χ1) is 9.22. The van der Waals surface area contributed by atoms with Gasteiger partial charge in [-0.25, -0.2) is 4.39 Å². The summed E-state index contributed by atoms with van der Waals surface area (Å²) in [6, 6.07) is 5.14. The summed E-state index contributed by atoms with van der Waals surface area (Å²) in [6.45, 7) is 4.71. The Morgan fingerprint density at radius 3 is 2.84 bits per heavy atom. The number of hydrogen-bond acceptors (Lipinski definition) is 2. The van der Waals surface area contributed by atoms with Crippen LogP contribution >= 0.6 is 15.9 Å². The predicted octanol–water partition coefficient (Wildman–Crippen LogP) is 4.06. The summed E-state index contributed by atoms with van der Waals surface area (Å²) in [5.74, 6) is 0.340. The maximum Gasteiger partial charge on any atom is 0.123 e. The van der Waals surface area contributed by atoms with Crippen LogP contribution < -0.4 is 5.32 Å². The second-order valence-corrected chi connectivity index (χ2v) is 5.90. The normalized spacial score (nSPS) is 18.5. The first-order valence-corrected chi connectivity index (χ1v) is 7.77. The second kappa shape index (κ2) is 7.36.